The van der Waals surface area contributed by atoms with Crippen LogP contribution in [0.15, 0.2) is 98.1 Å². The number of ether oxygens (including phenoxy) is 3. The van der Waals surface area contributed by atoms with Crippen molar-refractivity contribution in [3.63, 3.8) is 0 Å². The van der Waals surface area contributed by atoms with E-state index in [4.69, 9.17) is 25.7 Å². The maximum Gasteiger partial charge on any atom is 0.338 e. The van der Waals surface area contributed by atoms with E-state index in [0.29, 0.717) is 37.5 Å². The van der Waals surface area contributed by atoms with Gasteiger partial charge in [0.2, 0.25) is 5.91 Å². The summed E-state index contributed by atoms with van der Waals surface area (Å²) < 4.78 is 17.2. The number of rotatable bonds is 18. The number of fused-ring (bicyclic) bond motifs is 2. The number of esters is 1. The van der Waals surface area contributed by atoms with Crippen molar-refractivity contribution in [1.82, 2.24) is 10.6 Å². The first kappa shape index (κ1) is 38.9. The number of carbonyl (C=O) groups excluding carboxylic acids is 3. The number of carbonyl (C=O) groups is 3. The van der Waals surface area contributed by atoms with Crippen LogP contribution >= 0.6 is 0 Å². The minimum Gasteiger partial charge on any atom is -1.00 e. The van der Waals surface area contributed by atoms with Gasteiger partial charge in [0.15, 0.2) is 6.61 Å². The summed E-state index contributed by atoms with van der Waals surface area (Å²) in [5, 5.41) is 9.33. The Bertz CT molecular complexity index is 1850. The first-order valence-electron chi connectivity index (χ1n) is 16.1. The molecule has 7 N–H and O–H groups in total. The monoisotopic (exact) mass is 704 g/mol. The predicted molar refractivity (Wildman–Crippen MR) is 194 cm³/mol. The molecule has 0 radical (unpaired) electrons. The van der Waals surface area contributed by atoms with E-state index in [0.717, 1.165) is 32.7 Å². The standard InChI is InChI=1S/C38H43N5O6.ClH.H2/c1-4-12-30(37(46)47-3)43-36(45)29(17-10-11-22-41-38(39)40)42-33(44)24-49-32-21-19-26-14-7-9-16-28(26)35(32)34-27-15-8-6-13-25(27)18-20-31(34)48-23-5-2;;/h4-9,13-16,18-21,29-30H,1-2,10-12,17,22-24H2,3H3,(H,42,44)(H,43,45)(H4,39,40,41);2*1H/t29-,30+;;/m1../s1/i;;1+1. The van der Waals surface area contributed by atoms with Gasteiger partial charge in [-0.1, -0.05) is 79.4 Å². The summed E-state index contributed by atoms with van der Waals surface area (Å²) in [4.78, 5) is 41.9. The first-order chi connectivity index (χ1) is 23.8. The molecule has 0 spiro atoms. The van der Waals surface area contributed by atoms with Crippen LogP contribution in [0.2, 0.25) is 0 Å². The summed E-state index contributed by atoms with van der Waals surface area (Å²) in [6.45, 7) is 7.87. The minimum absolute atomic E-state index is 0. The third kappa shape index (κ3) is 10.2. The average Bonchev–Trinajstić information content (AvgIpc) is 3.11. The molecule has 0 aliphatic rings. The summed E-state index contributed by atoms with van der Waals surface area (Å²) >= 11 is 0. The number of hydrogen-bond donors (Lipinski definition) is 5. The van der Waals surface area contributed by atoms with Crippen molar-refractivity contribution < 1.29 is 47.4 Å². The Labute approximate surface area is 299 Å². The molecule has 0 fully saturated rings. The maximum absolute atomic E-state index is 13.4. The maximum atomic E-state index is 13.4. The first-order valence-corrected chi connectivity index (χ1v) is 16.1. The lowest BCUT2D eigenvalue weighted by Gasteiger charge is -2.22. The quantitative estimate of drug-likeness (QED) is 0.0320. The second-order valence-corrected chi connectivity index (χ2v) is 11.3. The SMILES string of the molecule is C=CCOc1ccc2ccccc2c1-c1c(OCC(=O)N[C@H](CCCC[NH+]=C(N)N)C(=O)N[C@@H](CC=C)C(=O)OC)ccc2ccccc12.[2HH].[Cl-]. The van der Waals surface area contributed by atoms with E-state index in [2.05, 4.69) is 28.8 Å². The van der Waals surface area contributed by atoms with Crippen LogP contribution in [0, 0.1) is 0 Å². The third-order valence-corrected chi connectivity index (χ3v) is 7.85. The van der Waals surface area contributed by atoms with Gasteiger partial charge in [-0.25, -0.2) is 4.79 Å². The third-order valence-electron chi connectivity index (χ3n) is 7.85. The zero-order chi connectivity index (χ0) is 35.2. The molecular weight excluding hydrogens is 658 g/mol. The van der Waals surface area contributed by atoms with E-state index < -0.39 is 29.9 Å². The predicted octanol–water partition coefficient (Wildman–Crippen LogP) is 0.0966. The molecule has 266 valence electrons. The zero-order valence-electron chi connectivity index (χ0n) is 28.1. The molecule has 2 atom stereocenters. The van der Waals surface area contributed by atoms with Crippen molar-refractivity contribution >= 4 is 45.3 Å². The summed E-state index contributed by atoms with van der Waals surface area (Å²) in [7, 11) is 1.24. The zero-order valence-corrected chi connectivity index (χ0v) is 28.8. The number of nitrogens with one attached hydrogen (secondary N) is 3. The van der Waals surface area contributed by atoms with Gasteiger partial charge in [0.05, 0.1) is 13.7 Å². The molecule has 4 aromatic carbocycles. The highest BCUT2D eigenvalue weighted by molar-refractivity contribution is 6.09. The molecule has 50 heavy (non-hydrogen) atoms. The Morgan fingerprint density at radius 1 is 0.820 bits per heavy atom. The molecule has 0 bridgehead atoms. The van der Waals surface area contributed by atoms with Gasteiger partial charge in [0.1, 0.15) is 30.2 Å². The van der Waals surface area contributed by atoms with Crippen LogP contribution in [0.1, 0.15) is 27.1 Å². The molecular formula is C38H46ClN5O6. The fourth-order valence-electron chi connectivity index (χ4n) is 5.56. The molecule has 0 aliphatic heterocycles. The van der Waals surface area contributed by atoms with Crippen molar-refractivity contribution in [2.75, 3.05) is 26.9 Å². The summed E-state index contributed by atoms with van der Waals surface area (Å²) in [5.41, 5.74) is 12.5. The van der Waals surface area contributed by atoms with Gasteiger partial charge in [0, 0.05) is 12.6 Å². The molecule has 0 saturated heterocycles. The lowest BCUT2D eigenvalue weighted by atomic mass is 9.92. The van der Waals surface area contributed by atoms with Crippen molar-refractivity contribution in [1.29, 1.82) is 0 Å². The van der Waals surface area contributed by atoms with Gasteiger partial charge in [-0.2, -0.15) is 0 Å². The molecule has 4 rings (SSSR count). The molecule has 11 nitrogen and oxygen atoms in total. The molecule has 12 heteroatoms. The second-order valence-electron chi connectivity index (χ2n) is 11.3. The van der Waals surface area contributed by atoms with Crippen LogP contribution in [0.4, 0.5) is 0 Å². The van der Waals surface area contributed by atoms with Crippen LogP contribution < -0.4 is 49.0 Å². The number of amides is 2. The summed E-state index contributed by atoms with van der Waals surface area (Å²) in [6.07, 6.45) is 4.82. The van der Waals surface area contributed by atoms with Gasteiger partial charge >= 0.3 is 11.9 Å². The van der Waals surface area contributed by atoms with Crippen LogP contribution in [0.25, 0.3) is 32.7 Å². The molecule has 2 amide bonds. The smallest absolute Gasteiger partial charge is 0.338 e. The second kappa shape index (κ2) is 19.4. The van der Waals surface area contributed by atoms with Crippen molar-refractivity contribution in [3.05, 3.63) is 98.1 Å². The van der Waals surface area contributed by atoms with Crippen LogP contribution in [0.3, 0.4) is 0 Å². The molecule has 4 aromatic rings. The fourth-order valence-corrected chi connectivity index (χ4v) is 5.56. The molecule has 0 saturated carbocycles. The molecule has 0 unspecified atom stereocenters. The minimum atomic E-state index is -0.958. The highest BCUT2D eigenvalue weighted by atomic mass is 35.5. The number of nitrogens with two attached hydrogens (primary N) is 2. The Kier molecular flexibility index (Phi) is 15.1. The topological polar surface area (TPSA) is 169 Å². The Morgan fingerprint density at radius 3 is 1.98 bits per heavy atom. The molecule has 0 heterocycles. The number of hydrogen-bond acceptors (Lipinski definition) is 6. The van der Waals surface area contributed by atoms with Gasteiger partial charge in [-0.15, -0.1) is 6.58 Å². The van der Waals surface area contributed by atoms with Gasteiger partial charge in [-0.05, 0) is 59.4 Å². The van der Waals surface area contributed by atoms with Gasteiger partial charge in [0.25, 0.3) is 5.91 Å². The van der Waals surface area contributed by atoms with Crippen LogP contribution in [-0.4, -0.2) is 62.7 Å². The number of methoxy groups -OCH3 is 1. The number of unbranched alkanes of at least 4 members (excludes halogenated alkanes) is 1. The highest BCUT2D eigenvalue weighted by Crippen LogP contribution is 2.45. The number of benzene rings is 4. The van der Waals surface area contributed by atoms with E-state index in [1.165, 1.54) is 13.2 Å². The Morgan fingerprint density at radius 2 is 1.42 bits per heavy atom. The fraction of sp³-hybridized carbons (Fsp3) is 0.263. The summed E-state index contributed by atoms with van der Waals surface area (Å²) in [5.74, 6) is -0.460. The number of guanidine groups is 1. The van der Waals surface area contributed by atoms with E-state index in [9.17, 15) is 14.4 Å². The van der Waals surface area contributed by atoms with Crippen molar-refractivity contribution in [3.8, 4) is 22.6 Å². The van der Waals surface area contributed by atoms with E-state index >= 15 is 0 Å². The lowest BCUT2D eigenvalue weighted by Crippen LogP contribution is -3.00. The van der Waals surface area contributed by atoms with E-state index in [1.54, 1.807) is 6.08 Å². The normalized spacial score (nSPS) is 11.7. The largest absolute Gasteiger partial charge is 1.00 e. The Hall–Kier alpha value is -5.55. The number of halogens is 1. The van der Waals surface area contributed by atoms with Crippen molar-refractivity contribution in [2.45, 2.75) is 37.8 Å². The Balaban J connectivity index is 0.00000451. The van der Waals surface area contributed by atoms with Crippen LogP contribution in [-0.2, 0) is 19.1 Å². The lowest BCUT2D eigenvalue weighted by molar-refractivity contribution is -0.459. The average molecular weight is 705 g/mol. The molecule has 0 aromatic heterocycles. The highest BCUT2D eigenvalue weighted by Gasteiger charge is 2.27. The van der Waals surface area contributed by atoms with Crippen LogP contribution in [0.5, 0.6) is 11.5 Å². The van der Waals surface area contributed by atoms with Gasteiger partial charge in [-0.3, -0.25) is 26.0 Å². The molecule has 0 aliphatic carbocycles. The van der Waals surface area contributed by atoms with E-state index in [1.807, 2.05) is 72.8 Å². The summed E-state index contributed by atoms with van der Waals surface area (Å²) in [6, 6.07) is 21.7. The van der Waals surface area contributed by atoms with Gasteiger partial charge < -0.3 is 37.3 Å². The van der Waals surface area contributed by atoms with Crippen molar-refractivity contribution in [2.24, 2.45) is 11.5 Å². The van der Waals surface area contributed by atoms with E-state index in [-0.39, 0.29) is 39.2 Å².